The van der Waals surface area contributed by atoms with E-state index in [1.165, 1.54) is 16.8 Å². The van der Waals surface area contributed by atoms with Crippen molar-refractivity contribution in [1.82, 2.24) is 15.1 Å². The lowest BCUT2D eigenvalue weighted by molar-refractivity contribution is -0.123. The monoisotopic (exact) mass is 412 g/mol. The average molecular weight is 413 g/mol. The first kappa shape index (κ1) is 20.6. The maximum Gasteiger partial charge on any atom is 0.267 e. The van der Waals surface area contributed by atoms with Crippen molar-refractivity contribution in [3.8, 4) is 0 Å². The van der Waals surface area contributed by atoms with E-state index in [-0.39, 0.29) is 29.4 Å². The zero-order valence-corrected chi connectivity index (χ0v) is 17.6. The second kappa shape index (κ2) is 8.20. The van der Waals surface area contributed by atoms with Crippen molar-refractivity contribution >= 4 is 11.7 Å². The Bertz CT molecular complexity index is 966. The summed E-state index contributed by atoms with van der Waals surface area (Å²) in [5.74, 6) is 0.504. The third-order valence-corrected chi connectivity index (χ3v) is 6.30. The van der Waals surface area contributed by atoms with E-state index in [2.05, 4.69) is 15.3 Å². The van der Waals surface area contributed by atoms with Gasteiger partial charge >= 0.3 is 0 Å². The first-order valence-electron chi connectivity index (χ1n) is 10.8. The highest BCUT2D eigenvalue weighted by Crippen LogP contribution is 2.48. The van der Waals surface area contributed by atoms with Crippen molar-refractivity contribution in [2.24, 2.45) is 0 Å². The summed E-state index contributed by atoms with van der Waals surface area (Å²) in [7, 11) is 0. The van der Waals surface area contributed by atoms with E-state index >= 15 is 0 Å². The topological polar surface area (TPSA) is 67.2 Å². The minimum atomic E-state index is -0.518. The van der Waals surface area contributed by atoms with Crippen LogP contribution in [0.4, 0.5) is 10.2 Å². The van der Waals surface area contributed by atoms with E-state index in [4.69, 9.17) is 0 Å². The number of hydrogen-bond donors (Lipinski definition) is 1. The van der Waals surface area contributed by atoms with Crippen LogP contribution >= 0.6 is 0 Å². The Morgan fingerprint density at radius 2 is 1.93 bits per heavy atom. The molecule has 6 nitrogen and oxygen atoms in total. The molecule has 2 aromatic rings. The number of carbonyl (C=O) groups excluding carboxylic acids is 1. The predicted molar refractivity (Wildman–Crippen MR) is 114 cm³/mol. The van der Waals surface area contributed by atoms with E-state index in [0.29, 0.717) is 6.54 Å². The molecule has 1 N–H and O–H groups in total. The number of amides is 1. The summed E-state index contributed by atoms with van der Waals surface area (Å²) < 4.78 is 14.8. The van der Waals surface area contributed by atoms with Crippen LogP contribution in [-0.2, 0) is 10.2 Å². The molecule has 1 atom stereocenters. The lowest BCUT2D eigenvalue weighted by atomic mass is 9.94. The van der Waals surface area contributed by atoms with Gasteiger partial charge in [0, 0.05) is 25.2 Å². The quantitative estimate of drug-likeness (QED) is 0.791. The Labute approximate surface area is 176 Å². The minimum Gasteiger partial charge on any atom is -0.353 e. The molecule has 0 bridgehead atoms. The summed E-state index contributed by atoms with van der Waals surface area (Å²) in [5, 5.41) is 7.72. The van der Waals surface area contributed by atoms with Gasteiger partial charge in [-0.2, -0.15) is 5.10 Å². The SMILES string of the molecule is CC(C)n1nc(N2CCCCC2CNC(=O)C2(c3ccc(F)cc3)CC2)ccc1=O. The van der Waals surface area contributed by atoms with Gasteiger partial charge in [0.1, 0.15) is 11.6 Å². The average Bonchev–Trinajstić information content (AvgIpc) is 3.55. The highest BCUT2D eigenvalue weighted by atomic mass is 19.1. The van der Waals surface area contributed by atoms with Crippen LogP contribution in [-0.4, -0.2) is 34.8 Å². The van der Waals surface area contributed by atoms with Crippen molar-refractivity contribution in [1.29, 1.82) is 0 Å². The Kier molecular flexibility index (Phi) is 5.62. The summed E-state index contributed by atoms with van der Waals surface area (Å²) >= 11 is 0. The van der Waals surface area contributed by atoms with Gasteiger partial charge < -0.3 is 10.2 Å². The number of rotatable bonds is 6. The van der Waals surface area contributed by atoms with Crippen molar-refractivity contribution in [3.63, 3.8) is 0 Å². The Hall–Kier alpha value is -2.70. The third-order valence-electron chi connectivity index (χ3n) is 6.30. The van der Waals surface area contributed by atoms with Gasteiger partial charge in [-0.15, -0.1) is 0 Å². The molecule has 1 aromatic carbocycles. The van der Waals surface area contributed by atoms with Crippen LogP contribution in [0.3, 0.4) is 0 Å². The molecule has 1 aliphatic carbocycles. The van der Waals surface area contributed by atoms with Crippen molar-refractivity contribution in [2.75, 3.05) is 18.0 Å². The highest BCUT2D eigenvalue weighted by Gasteiger charge is 2.51. The number of aromatic nitrogens is 2. The standard InChI is InChI=1S/C23H29FN4O2/c1-16(2)28-21(29)11-10-20(26-28)27-14-4-3-5-19(27)15-25-22(30)23(12-13-23)17-6-8-18(24)9-7-17/h6-11,16,19H,3-5,12-15H2,1-2H3,(H,25,30). The molecular formula is C23H29FN4O2. The highest BCUT2D eigenvalue weighted by molar-refractivity contribution is 5.91. The number of benzene rings is 1. The largest absolute Gasteiger partial charge is 0.353 e. The second-order valence-electron chi connectivity index (χ2n) is 8.71. The molecular weight excluding hydrogens is 383 g/mol. The molecule has 30 heavy (non-hydrogen) atoms. The van der Waals surface area contributed by atoms with Gasteiger partial charge in [-0.3, -0.25) is 9.59 Å². The maximum absolute atomic E-state index is 13.3. The molecule has 4 rings (SSSR count). The number of hydrogen-bond acceptors (Lipinski definition) is 4. The van der Waals surface area contributed by atoms with Crippen LogP contribution in [0.1, 0.15) is 57.6 Å². The van der Waals surface area contributed by atoms with Crippen LogP contribution < -0.4 is 15.8 Å². The smallest absolute Gasteiger partial charge is 0.267 e. The zero-order valence-electron chi connectivity index (χ0n) is 17.6. The minimum absolute atomic E-state index is 0.00849. The van der Waals surface area contributed by atoms with Crippen molar-refractivity contribution in [2.45, 2.75) is 63.5 Å². The number of halogens is 1. The molecule has 2 aliphatic rings. The first-order valence-corrected chi connectivity index (χ1v) is 10.8. The Morgan fingerprint density at radius 3 is 2.60 bits per heavy atom. The van der Waals surface area contributed by atoms with Gasteiger partial charge in [0.2, 0.25) is 5.91 Å². The molecule has 2 heterocycles. The molecule has 0 spiro atoms. The fourth-order valence-electron chi connectivity index (χ4n) is 4.37. The van der Waals surface area contributed by atoms with Gasteiger partial charge in [0.25, 0.3) is 5.56 Å². The lowest BCUT2D eigenvalue weighted by Gasteiger charge is -2.37. The second-order valence-corrected chi connectivity index (χ2v) is 8.71. The molecule has 1 saturated heterocycles. The van der Waals surface area contributed by atoms with E-state index in [0.717, 1.165) is 50.0 Å². The van der Waals surface area contributed by atoms with Gasteiger partial charge in [-0.25, -0.2) is 9.07 Å². The van der Waals surface area contributed by atoms with Crippen LogP contribution in [0.5, 0.6) is 0 Å². The fourth-order valence-corrected chi connectivity index (χ4v) is 4.37. The van der Waals surface area contributed by atoms with E-state index < -0.39 is 5.41 Å². The summed E-state index contributed by atoms with van der Waals surface area (Å²) in [6.07, 6.45) is 4.71. The van der Waals surface area contributed by atoms with Gasteiger partial charge in [-0.1, -0.05) is 12.1 Å². The number of nitrogens with zero attached hydrogens (tertiary/aromatic N) is 3. The summed E-state index contributed by atoms with van der Waals surface area (Å²) in [5.41, 5.74) is 0.259. The van der Waals surface area contributed by atoms with E-state index in [1.807, 2.05) is 13.8 Å². The molecule has 7 heteroatoms. The first-order chi connectivity index (χ1) is 14.4. The summed E-state index contributed by atoms with van der Waals surface area (Å²) in [6.45, 7) is 5.27. The summed E-state index contributed by atoms with van der Waals surface area (Å²) in [4.78, 5) is 27.3. The molecule has 1 aromatic heterocycles. The molecule has 1 saturated carbocycles. The van der Waals surface area contributed by atoms with Crippen LogP contribution in [0, 0.1) is 5.82 Å². The van der Waals surface area contributed by atoms with Crippen LogP contribution in [0.25, 0.3) is 0 Å². The molecule has 2 fully saturated rings. The molecule has 1 aliphatic heterocycles. The van der Waals surface area contributed by atoms with Gasteiger partial charge in [0.05, 0.1) is 11.5 Å². The molecule has 1 amide bonds. The third kappa shape index (κ3) is 3.98. The zero-order chi connectivity index (χ0) is 21.3. The van der Waals surface area contributed by atoms with Crippen molar-refractivity contribution in [3.05, 3.63) is 58.1 Å². The molecule has 160 valence electrons. The predicted octanol–water partition coefficient (Wildman–Crippen LogP) is 3.17. The Morgan fingerprint density at radius 1 is 1.20 bits per heavy atom. The van der Waals surface area contributed by atoms with Gasteiger partial charge in [0.15, 0.2) is 0 Å². The number of nitrogens with one attached hydrogen (secondary N) is 1. The van der Waals surface area contributed by atoms with E-state index in [9.17, 15) is 14.0 Å². The fraction of sp³-hybridized carbons (Fsp3) is 0.522. The maximum atomic E-state index is 13.3. The normalized spacial score (nSPS) is 20.3. The van der Waals surface area contributed by atoms with Gasteiger partial charge in [-0.05, 0) is 69.7 Å². The lowest BCUT2D eigenvalue weighted by Crippen LogP contribution is -2.49. The molecule has 1 unspecified atom stereocenters. The molecule has 0 radical (unpaired) electrons. The summed E-state index contributed by atoms with van der Waals surface area (Å²) in [6, 6.07) is 9.75. The van der Waals surface area contributed by atoms with E-state index in [1.54, 1.807) is 24.3 Å². The number of piperidine rings is 1. The Balaban J connectivity index is 1.47. The van der Waals surface area contributed by atoms with Crippen LogP contribution in [0.2, 0.25) is 0 Å². The number of anilines is 1. The number of carbonyl (C=O) groups is 1. The van der Waals surface area contributed by atoms with Crippen LogP contribution in [0.15, 0.2) is 41.2 Å². The van der Waals surface area contributed by atoms with Crippen molar-refractivity contribution < 1.29 is 9.18 Å².